The third-order valence-electron chi connectivity index (χ3n) is 3.04. The Morgan fingerprint density at radius 3 is 2.50 bits per heavy atom. The fourth-order valence-electron chi connectivity index (χ4n) is 1.81. The van der Waals surface area contributed by atoms with Gasteiger partial charge in [-0.25, -0.2) is 0 Å². The molecule has 22 heavy (non-hydrogen) atoms. The van der Waals surface area contributed by atoms with Crippen molar-refractivity contribution in [3.8, 4) is 5.75 Å². The van der Waals surface area contributed by atoms with Gasteiger partial charge in [0.2, 0.25) is 17.7 Å². The van der Waals surface area contributed by atoms with Crippen LogP contribution in [0.15, 0.2) is 34.7 Å². The van der Waals surface area contributed by atoms with E-state index < -0.39 is 0 Å². The Labute approximate surface area is 129 Å². The predicted molar refractivity (Wildman–Crippen MR) is 81.5 cm³/mol. The smallest absolute Gasteiger partial charge is 0.238 e. The van der Waals surface area contributed by atoms with Gasteiger partial charge < -0.3 is 14.5 Å². The molecule has 1 heterocycles. The maximum atomic E-state index is 11.9. The van der Waals surface area contributed by atoms with E-state index in [1.807, 2.05) is 51.1 Å². The first-order valence-corrected chi connectivity index (χ1v) is 7.36. The van der Waals surface area contributed by atoms with E-state index in [9.17, 15) is 4.79 Å². The fourth-order valence-corrected chi connectivity index (χ4v) is 1.81. The summed E-state index contributed by atoms with van der Waals surface area (Å²) in [6.45, 7) is 6.08. The SMILES string of the molecule is CC(C)c1nnc([C@@H](C)NC(=O)CCOc2ccccc2)o1. The highest BCUT2D eigenvalue weighted by Crippen LogP contribution is 2.16. The van der Waals surface area contributed by atoms with Crippen molar-refractivity contribution in [2.45, 2.75) is 39.2 Å². The normalized spacial score (nSPS) is 12.2. The van der Waals surface area contributed by atoms with Crippen molar-refractivity contribution in [3.05, 3.63) is 42.1 Å². The predicted octanol–water partition coefficient (Wildman–Crippen LogP) is 2.84. The monoisotopic (exact) mass is 303 g/mol. The summed E-state index contributed by atoms with van der Waals surface area (Å²) >= 11 is 0. The van der Waals surface area contributed by atoms with Crippen LogP contribution in [0.1, 0.15) is 50.9 Å². The molecule has 0 saturated carbocycles. The van der Waals surface area contributed by atoms with Crippen molar-refractivity contribution in [2.75, 3.05) is 6.61 Å². The summed E-state index contributed by atoms with van der Waals surface area (Å²) in [5.74, 6) is 1.79. The molecular weight excluding hydrogens is 282 g/mol. The first kappa shape index (κ1) is 16.0. The van der Waals surface area contributed by atoms with Crippen molar-refractivity contribution in [2.24, 2.45) is 0 Å². The number of para-hydroxylation sites is 1. The number of hydrogen-bond donors (Lipinski definition) is 1. The summed E-state index contributed by atoms with van der Waals surface area (Å²) in [6, 6.07) is 9.08. The number of carbonyl (C=O) groups is 1. The standard InChI is InChI=1S/C16H21N3O3/c1-11(2)15-18-19-16(22-15)12(3)17-14(20)9-10-21-13-7-5-4-6-8-13/h4-8,11-12H,9-10H2,1-3H3,(H,17,20)/t12-/m1/s1. The van der Waals surface area contributed by atoms with Crippen LogP contribution in [-0.4, -0.2) is 22.7 Å². The molecule has 118 valence electrons. The number of aromatic nitrogens is 2. The van der Waals surface area contributed by atoms with Crippen molar-refractivity contribution in [3.63, 3.8) is 0 Å². The molecule has 6 nitrogen and oxygen atoms in total. The van der Waals surface area contributed by atoms with E-state index in [0.29, 0.717) is 18.4 Å². The number of amides is 1. The van der Waals surface area contributed by atoms with Crippen LogP contribution in [-0.2, 0) is 4.79 Å². The maximum Gasteiger partial charge on any atom is 0.238 e. The summed E-state index contributed by atoms with van der Waals surface area (Å²) in [5.41, 5.74) is 0. The number of carbonyl (C=O) groups excluding carboxylic acids is 1. The number of hydrogen-bond acceptors (Lipinski definition) is 5. The third kappa shape index (κ3) is 4.58. The van der Waals surface area contributed by atoms with Crippen LogP contribution >= 0.6 is 0 Å². The van der Waals surface area contributed by atoms with Crippen LogP contribution in [0.25, 0.3) is 0 Å². The average Bonchev–Trinajstić information content (AvgIpc) is 2.98. The minimum Gasteiger partial charge on any atom is -0.493 e. The first-order valence-electron chi connectivity index (χ1n) is 7.36. The number of nitrogens with zero attached hydrogens (tertiary/aromatic N) is 2. The topological polar surface area (TPSA) is 77.2 Å². The highest BCUT2D eigenvalue weighted by atomic mass is 16.5. The molecule has 0 aliphatic heterocycles. The van der Waals surface area contributed by atoms with Crippen molar-refractivity contribution >= 4 is 5.91 Å². The van der Waals surface area contributed by atoms with Crippen LogP contribution in [0.5, 0.6) is 5.75 Å². The molecule has 1 N–H and O–H groups in total. The average molecular weight is 303 g/mol. The number of rotatable bonds is 7. The maximum absolute atomic E-state index is 11.9. The van der Waals surface area contributed by atoms with E-state index in [-0.39, 0.29) is 24.3 Å². The zero-order valence-electron chi connectivity index (χ0n) is 13.1. The molecule has 6 heteroatoms. The second kappa shape index (κ2) is 7.59. The Hall–Kier alpha value is -2.37. The molecule has 1 aromatic heterocycles. The molecule has 1 atom stereocenters. The van der Waals surface area contributed by atoms with E-state index in [1.54, 1.807) is 0 Å². The van der Waals surface area contributed by atoms with Gasteiger partial charge in [0.15, 0.2) is 0 Å². The molecule has 0 unspecified atom stereocenters. The number of ether oxygens (including phenoxy) is 1. The Morgan fingerprint density at radius 1 is 1.18 bits per heavy atom. The van der Waals surface area contributed by atoms with Gasteiger partial charge in [0, 0.05) is 5.92 Å². The van der Waals surface area contributed by atoms with E-state index in [4.69, 9.17) is 9.15 Å². The van der Waals surface area contributed by atoms with E-state index in [0.717, 1.165) is 5.75 Å². The molecular formula is C16H21N3O3. The number of nitrogens with one attached hydrogen (secondary N) is 1. The third-order valence-corrected chi connectivity index (χ3v) is 3.04. The van der Waals surface area contributed by atoms with E-state index in [2.05, 4.69) is 15.5 Å². The molecule has 0 radical (unpaired) electrons. The molecule has 0 saturated heterocycles. The Kier molecular flexibility index (Phi) is 5.52. The Morgan fingerprint density at radius 2 is 1.86 bits per heavy atom. The van der Waals surface area contributed by atoms with Crippen LogP contribution in [0.4, 0.5) is 0 Å². The van der Waals surface area contributed by atoms with Gasteiger partial charge in [0.1, 0.15) is 11.8 Å². The Balaban J connectivity index is 1.76. The lowest BCUT2D eigenvalue weighted by atomic mass is 10.2. The first-order chi connectivity index (χ1) is 10.6. The van der Waals surface area contributed by atoms with Gasteiger partial charge >= 0.3 is 0 Å². The molecule has 0 spiro atoms. The zero-order valence-corrected chi connectivity index (χ0v) is 13.1. The second-order valence-electron chi connectivity index (χ2n) is 5.33. The molecule has 0 fully saturated rings. The van der Waals surface area contributed by atoms with Crippen LogP contribution in [0.3, 0.4) is 0 Å². The van der Waals surface area contributed by atoms with E-state index >= 15 is 0 Å². The minimum atomic E-state index is -0.316. The minimum absolute atomic E-state index is 0.118. The summed E-state index contributed by atoms with van der Waals surface area (Å²) in [7, 11) is 0. The van der Waals surface area contributed by atoms with Crippen molar-refractivity contribution in [1.82, 2.24) is 15.5 Å². The highest BCUT2D eigenvalue weighted by molar-refractivity contribution is 5.76. The van der Waals surface area contributed by atoms with Gasteiger partial charge in [-0.05, 0) is 19.1 Å². The van der Waals surface area contributed by atoms with E-state index in [1.165, 1.54) is 0 Å². The molecule has 0 aliphatic carbocycles. The molecule has 2 rings (SSSR count). The molecule has 2 aromatic rings. The van der Waals surface area contributed by atoms with Gasteiger partial charge in [0.25, 0.3) is 0 Å². The van der Waals surface area contributed by atoms with Gasteiger partial charge in [-0.15, -0.1) is 10.2 Å². The number of benzene rings is 1. The van der Waals surface area contributed by atoms with Crippen LogP contribution in [0, 0.1) is 0 Å². The summed E-state index contributed by atoms with van der Waals surface area (Å²) in [4.78, 5) is 11.9. The molecule has 1 aromatic carbocycles. The fraction of sp³-hybridized carbons (Fsp3) is 0.438. The van der Waals surface area contributed by atoms with Crippen molar-refractivity contribution in [1.29, 1.82) is 0 Å². The Bertz CT molecular complexity index is 596. The van der Waals surface area contributed by atoms with Gasteiger partial charge in [-0.1, -0.05) is 32.0 Å². The van der Waals surface area contributed by atoms with Crippen LogP contribution < -0.4 is 10.1 Å². The second-order valence-corrected chi connectivity index (χ2v) is 5.33. The molecule has 0 aliphatic rings. The summed E-state index contributed by atoms with van der Waals surface area (Å²) in [6.07, 6.45) is 0.268. The lowest BCUT2D eigenvalue weighted by Gasteiger charge is -2.10. The highest BCUT2D eigenvalue weighted by Gasteiger charge is 2.17. The van der Waals surface area contributed by atoms with Gasteiger partial charge in [0.05, 0.1) is 13.0 Å². The van der Waals surface area contributed by atoms with Gasteiger partial charge in [-0.3, -0.25) is 4.79 Å². The molecule has 1 amide bonds. The molecule has 0 bridgehead atoms. The quantitative estimate of drug-likeness (QED) is 0.851. The lowest BCUT2D eigenvalue weighted by molar-refractivity contribution is -0.122. The van der Waals surface area contributed by atoms with Crippen LogP contribution in [0.2, 0.25) is 0 Å². The summed E-state index contributed by atoms with van der Waals surface area (Å²) in [5, 5.41) is 10.7. The largest absolute Gasteiger partial charge is 0.493 e. The lowest BCUT2D eigenvalue weighted by Crippen LogP contribution is -2.28. The van der Waals surface area contributed by atoms with Gasteiger partial charge in [-0.2, -0.15) is 0 Å². The zero-order chi connectivity index (χ0) is 15.9. The van der Waals surface area contributed by atoms with Crippen molar-refractivity contribution < 1.29 is 13.9 Å². The summed E-state index contributed by atoms with van der Waals surface area (Å²) < 4.78 is 11.0.